The number of imidazole rings is 1. The predicted octanol–water partition coefficient (Wildman–Crippen LogP) is 1.53. The molecule has 0 spiro atoms. The van der Waals surface area contributed by atoms with Gasteiger partial charge in [-0.15, -0.1) is 6.20 Å². The number of benzene rings is 2. The molecule has 5 heteroatoms. The molecule has 21 heavy (non-hydrogen) atoms. The first-order chi connectivity index (χ1) is 9.83. The molecule has 0 atom stereocenters. The summed E-state index contributed by atoms with van der Waals surface area (Å²) in [7, 11) is 2.03. The second-order valence-corrected chi connectivity index (χ2v) is 6.30. The van der Waals surface area contributed by atoms with Crippen molar-refractivity contribution in [1.29, 1.82) is 0 Å². The minimum absolute atomic E-state index is 0. The van der Waals surface area contributed by atoms with Gasteiger partial charge in [0.15, 0.2) is 0 Å². The summed E-state index contributed by atoms with van der Waals surface area (Å²) in [5.41, 5.74) is 0. The molecule has 2 aromatic carbocycles. The maximum Gasteiger partial charge on any atom is 1.00 e. The van der Waals surface area contributed by atoms with Crippen LogP contribution in [0.3, 0.4) is 0 Å². The third kappa shape index (κ3) is 4.21. The first-order valence-corrected chi connectivity index (χ1v) is 7.86. The van der Waals surface area contributed by atoms with Crippen LogP contribution >= 0.6 is 23.5 Å². The summed E-state index contributed by atoms with van der Waals surface area (Å²) < 4.78 is 2.08. The fourth-order valence-corrected chi connectivity index (χ4v) is 3.42. The summed E-state index contributed by atoms with van der Waals surface area (Å²) in [6.45, 7) is 0. The van der Waals surface area contributed by atoms with Crippen molar-refractivity contribution >= 4 is 23.5 Å². The zero-order chi connectivity index (χ0) is 13.8. The van der Waals surface area contributed by atoms with E-state index in [4.69, 9.17) is 0 Å². The molecule has 0 amide bonds. The largest absolute Gasteiger partial charge is 1.00 e. The van der Waals surface area contributed by atoms with E-state index in [-0.39, 0.29) is 18.9 Å². The first kappa shape index (κ1) is 16.3. The van der Waals surface area contributed by atoms with E-state index in [1.807, 2.05) is 43.4 Å². The van der Waals surface area contributed by atoms with E-state index in [0.717, 1.165) is 10.2 Å². The van der Waals surface area contributed by atoms with Crippen molar-refractivity contribution in [2.75, 3.05) is 0 Å². The minimum Gasteiger partial charge on any atom is -0.429 e. The fourth-order valence-electron chi connectivity index (χ4n) is 1.71. The molecular weight excluding hydrogens is 291 g/mol. The number of aromatic nitrogens is 2. The third-order valence-electron chi connectivity index (χ3n) is 2.75. The zero-order valence-corrected chi connectivity index (χ0v) is 13.6. The molecule has 0 aliphatic carbocycles. The van der Waals surface area contributed by atoms with Gasteiger partial charge < -0.3 is 9.55 Å². The van der Waals surface area contributed by atoms with Gasteiger partial charge in [-0.25, -0.2) is 0 Å². The quantitative estimate of drug-likeness (QED) is 0.538. The molecule has 1 aromatic heterocycles. The molecular formula is C16H13LiN2S2. The van der Waals surface area contributed by atoms with Crippen LogP contribution < -0.4 is 18.9 Å². The minimum atomic E-state index is 0. The molecule has 1 heterocycles. The molecule has 0 saturated carbocycles. The maximum atomic E-state index is 4.39. The Morgan fingerprint density at radius 1 is 0.857 bits per heavy atom. The van der Waals surface area contributed by atoms with Crippen molar-refractivity contribution in [3.05, 3.63) is 66.9 Å². The van der Waals surface area contributed by atoms with Crippen LogP contribution in [0.5, 0.6) is 0 Å². The van der Waals surface area contributed by atoms with Crippen LogP contribution in [0, 0.1) is 6.20 Å². The summed E-state index contributed by atoms with van der Waals surface area (Å²) in [6.07, 6.45) is 3.10. The van der Waals surface area contributed by atoms with Crippen LogP contribution in [-0.2, 0) is 7.05 Å². The van der Waals surface area contributed by atoms with Crippen molar-refractivity contribution < 1.29 is 18.9 Å². The zero-order valence-electron chi connectivity index (χ0n) is 12.0. The van der Waals surface area contributed by atoms with E-state index < -0.39 is 0 Å². The molecule has 3 rings (SSSR count). The monoisotopic (exact) mass is 304 g/mol. The Kier molecular flexibility index (Phi) is 6.07. The molecule has 100 valence electrons. The van der Waals surface area contributed by atoms with Gasteiger partial charge in [0, 0.05) is 10.1 Å². The van der Waals surface area contributed by atoms with Crippen LogP contribution in [0.15, 0.2) is 80.6 Å². The van der Waals surface area contributed by atoms with E-state index in [1.54, 1.807) is 23.5 Å². The molecule has 3 aromatic rings. The summed E-state index contributed by atoms with van der Waals surface area (Å²) in [5.74, 6) is 0. The smallest absolute Gasteiger partial charge is 0.429 e. The van der Waals surface area contributed by atoms with Gasteiger partial charge in [-0.3, -0.25) is 0 Å². The van der Waals surface area contributed by atoms with E-state index in [2.05, 4.69) is 40.0 Å². The Hall–Kier alpha value is -1.05. The number of hydrogen-bond donors (Lipinski definition) is 0. The molecule has 0 unspecified atom stereocenters. The normalized spacial score (nSPS) is 10.1. The van der Waals surface area contributed by atoms with Gasteiger partial charge in [-0.05, 0) is 41.2 Å². The summed E-state index contributed by atoms with van der Waals surface area (Å²) in [5, 5.41) is 1.98. The standard InChI is InChI=1S/C16H13N2S2.Li/c1-18-15(19-13-8-4-2-5-9-13)12-17-16(18)20-14-10-6-3-7-11-14;/h2-11H,1H3;/q-1;+1. The van der Waals surface area contributed by atoms with Gasteiger partial charge in [0.05, 0.1) is 0 Å². The Labute approximate surface area is 145 Å². The summed E-state index contributed by atoms with van der Waals surface area (Å²) in [6, 6.07) is 20.6. The average Bonchev–Trinajstić information content (AvgIpc) is 2.83. The first-order valence-electron chi connectivity index (χ1n) is 6.23. The molecule has 0 saturated heterocycles. The third-order valence-corrected chi connectivity index (χ3v) is 4.87. The van der Waals surface area contributed by atoms with E-state index >= 15 is 0 Å². The van der Waals surface area contributed by atoms with E-state index in [0.29, 0.717) is 0 Å². The van der Waals surface area contributed by atoms with Crippen molar-refractivity contribution in [1.82, 2.24) is 9.55 Å². The molecule has 0 fully saturated rings. The summed E-state index contributed by atoms with van der Waals surface area (Å²) in [4.78, 5) is 6.77. The van der Waals surface area contributed by atoms with E-state index in [9.17, 15) is 0 Å². The topological polar surface area (TPSA) is 17.8 Å². The van der Waals surface area contributed by atoms with Gasteiger partial charge in [0.25, 0.3) is 0 Å². The number of nitrogens with zero attached hydrogens (tertiary/aromatic N) is 2. The molecule has 0 N–H and O–H groups in total. The Bertz CT molecular complexity index is 625. The second kappa shape index (κ2) is 7.81. The van der Waals surface area contributed by atoms with Crippen molar-refractivity contribution in [2.24, 2.45) is 7.05 Å². The molecule has 0 bridgehead atoms. The molecule has 0 aliphatic rings. The van der Waals surface area contributed by atoms with Crippen LogP contribution in [0.25, 0.3) is 0 Å². The van der Waals surface area contributed by atoms with Crippen LogP contribution in [0.2, 0.25) is 0 Å². The van der Waals surface area contributed by atoms with Crippen LogP contribution in [0.1, 0.15) is 0 Å². The maximum absolute atomic E-state index is 4.39. The van der Waals surface area contributed by atoms with Crippen molar-refractivity contribution in [2.45, 2.75) is 20.0 Å². The van der Waals surface area contributed by atoms with Crippen LogP contribution in [0.4, 0.5) is 0 Å². The Morgan fingerprint density at radius 2 is 1.38 bits per heavy atom. The van der Waals surface area contributed by atoms with Crippen molar-refractivity contribution in [3.63, 3.8) is 0 Å². The Morgan fingerprint density at radius 3 is 1.95 bits per heavy atom. The predicted molar refractivity (Wildman–Crippen MR) is 83.2 cm³/mol. The van der Waals surface area contributed by atoms with Gasteiger partial charge in [0.2, 0.25) is 0 Å². The molecule has 2 nitrogen and oxygen atoms in total. The van der Waals surface area contributed by atoms with Crippen LogP contribution in [-0.4, -0.2) is 9.55 Å². The van der Waals surface area contributed by atoms with Gasteiger partial charge in [-0.1, -0.05) is 48.2 Å². The SMILES string of the molecule is Cn1c(Sc2ccccc2)[c-]nc1Sc1ccccc1.[Li+]. The van der Waals surface area contributed by atoms with Gasteiger partial charge in [-0.2, -0.15) is 11.8 Å². The van der Waals surface area contributed by atoms with E-state index in [1.165, 1.54) is 9.79 Å². The van der Waals surface area contributed by atoms with Gasteiger partial charge >= 0.3 is 18.9 Å². The summed E-state index contributed by atoms with van der Waals surface area (Å²) >= 11 is 3.33. The molecule has 0 radical (unpaired) electrons. The second-order valence-electron chi connectivity index (χ2n) is 4.20. The van der Waals surface area contributed by atoms with Crippen molar-refractivity contribution in [3.8, 4) is 0 Å². The average molecular weight is 304 g/mol. The Balaban J connectivity index is 0.00000161. The molecule has 0 aliphatic heterocycles. The number of hydrogen-bond acceptors (Lipinski definition) is 3. The number of rotatable bonds is 4. The van der Waals surface area contributed by atoms with Gasteiger partial charge in [0.1, 0.15) is 0 Å². The fraction of sp³-hybridized carbons (Fsp3) is 0.0625.